The number of amides is 1. The van der Waals surface area contributed by atoms with E-state index in [1.54, 1.807) is 13.4 Å². The summed E-state index contributed by atoms with van der Waals surface area (Å²) >= 11 is 0. The molecule has 1 saturated heterocycles. The molecular weight excluding hydrogens is 316 g/mol. The van der Waals surface area contributed by atoms with Crippen molar-refractivity contribution in [3.8, 4) is 5.75 Å². The third-order valence-corrected chi connectivity index (χ3v) is 5.35. The number of H-pyrrole nitrogens is 1. The topological polar surface area (TPSA) is 61.5 Å². The fraction of sp³-hybridized carbons (Fsp3) is 0.474. The van der Waals surface area contributed by atoms with Crippen molar-refractivity contribution in [1.29, 1.82) is 0 Å². The molecule has 1 aromatic heterocycles. The highest BCUT2D eigenvalue weighted by Gasteiger charge is 2.31. The Morgan fingerprint density at radius 2 is 2.04 bits per heavy atom. The Bertz CT molecular complexity index is 749. The number of hydrogen-bond donors (Lipinski definition) is 1. The van der Waals surface area contributed by atoms with Gasteiger partial charge in [-0.2, -0.15) is 0 Å². The Morgan fingerprint density at radius 1 is 1.24 bits per heavy atom. The van der Waals surface area contributed by atoms with Crippen LogP contribution in [0.15, 0.2) is 30.6 Å². The molecule has 0 bridgehead atoms. The van der Waals surface area contributed by atoms with Gasteiger partial charge in [0.15, 0.2) is 0 Å². The van der Waals surface area contributed by atoms with E-state index in [4.69, 9.17) is 4.74 Å². The molecular formula is C19H24N4O2. The number of carbonyl (C=O) groups excluding carboxylic acids is 1. The van der Waals surface area contributed by atoms with E-state index >= 15 is 0 Å². The number of nitrogens with zero attached hydrogens (tertiary/aromatic N) is 3. The van der Waals surface area contributed by atoms with E-state index in [1.165, 1.54) is 0 Å². The highest BCUT2D eigenvalue weighted by Crippen LogP contribution is 2.29. The summed E-state index contributed by atoms with van der Waals surface area (Å²) < 4.78 is 5.46. The quantitative estimate of drug-likeness (QED) is 0.927. The normalized spacial score (nSPS) is 20.3. The van der Waals surface area contributed by atoms with E-state index in [1.807, 2.05) is 23.1 Å². The molecule has 1 fully saturated rings. The van der Waals surface area contributed by atoms with Gasteiger partial charge in [-0.05, 0) is 25.0 Å². The molecule has 2 aliphatic rings. The van der Waals surface area contributed by atoms with E-state index in [-0.39, 0.29) is 5.92 Å². The van der Waals surface area contributed by atoms with Gasteiger partial charge in [0, 0.05) is 44.2 Å². The van der Waals surface area contributed by atoms with E-state index in [0.717, 1.165) is 68.3 Å². The van der Waals surface area contributed by atoms with Crippen LogP contribution in [0.25, 0.3) is 0 Å². The fourth-order valence-corrected chi connectivity index (χ4v) is 3.93. The van der Waals surface area contributed by atoms with Gasteiger partial charge in [0.2, 0.25) is 5.91 Å². The fourth-order valence-electron chi connectivity index (χ4n) is 3.93. The minimum absolute atomic E-state index is 0.0887. The van der Waals surface area contributed by atoms with Crippen LogP contribution >= 0.6 is 0 Å². The summed E-state index contributed by atoms with van der Waals surface area (Å²) in [5.74, 6) is 1.27. The minimum atomic E-state index is 0.0887. The highest BCUT2D eigenvalue weighted by molar-refractivity contribution is 5.80. The monoisotopic (exact) mass is 340 g/mol. The number of imidazole rings is 1. The lowest BCUT2D eigenvalue weighted by molar-refractivity contribution is -0.136. The van der Waals surface area contributed by atoms with Crippen LogP contribution in [-0.2, 0) is 17.6 Å². The van der Waals surface area contributed by atoms with Crippen LogP contribution in [0.5, 0.6) is 5.75 Å². The molecule has 1 aliphatic heterocycles. The van der Waals surface area contributed by atoms with Gasteiger partial charge in [-0.3, -0.25) is 4.79 Å². The molecule has 1 amide bonds. The molecule has 0 radical (unpaired) electrons. The van der Waals surface area contributed by atoms with Gasteiger partial charge in [0.05, 0.1) is 24.8 Å². The molecule has 1 aliphatic carbocycles. The summed E-state index contributed by atoms with van der Waals surface area (Å²) in [5, 5.41) is 0. The number of ether oxygens (including phenoxy) is 1. The summed E-state index contributed by atoms with van der Waals surface area (Å²) in [6.45, 7) is 3.22. The predicted molar refractivity (Wildman–Crippen MR) is 95.9 cm³/mol. The van der Waals surface area contributed by atoms with Gasteiger partial charge in [-0.1, -0.05) is 12.1 Å². The number of nitrogens with one attached hydrogen (secondary N) is 1. The third-order valence-electron chi connectivity index (χ3n) is 5.35. The number of carbonyl (C=O) groups is 1. The van der Waals surface area contributed by atoms with Crippen LogP contribution in [0, 0.1) is 5.92 Å². The third kappa shape index (κ3) is 3.08. The molecule has 2 heterocycles. The summed E-state index contributed by atoms with van der Waals surface area (Å²) in [6.07, 6.45) is 4.34. The smallest absolute Gasteiger partial charge is 0.226 e. The number of rotatable bonds is 3. The number of fused-ring (bicyclic) bond motifs is 1. The van der Waals surface area contributed by atoms with E-state index in [2.05, 4.69) is 20.9 Å². The van der Waals surface area contributed by atoms with Gasteiger partial charge in [0.1, 0.15) is 5.75 Å². The summed E-state index contributed by atoms with van der Waals surface area (Å²) in [6, 6.07) is 8.07. The van der Waals surface area contributed by atoms with Gasteiger partial charge in [0.25, 0.3) is 0 Å². The second kappa shape index (κ2) is 6.78. The summed E-state index contributed by atoms with van der Waals surface area (Å²) in [7, 11) is 1.70. The maximum atomic E-state index is 12.9. The van der Waals surface area contributed by atoms with E-state index in [9.17, 15) is 4.79 Å². The first-order valence-corrected chi connectivity index (χ1v) is 8.94. The molecule has 4 rings (SSSR count). The number of hydrogen-bond acceptors (Lipinski definition) is 4. The molecule has 0 unspecified atom stereocenters. The van der Waals surface area contributed by atoms with Crippen molar-refractivity contribution in [3.05, 3.63) is 42.0 Å². The maximum absolute atomic E-state index is 12.9. The number of benzene rings is 1. The number of anilines is 1. The molecule has 132 valence electrons. The zero-order chi connectivity index (χ0) is 17.2. The first kappa shape index (κ1) is 16.0. The van der Waals surface area contributed by atoms with Crippen molar-refractivity contribution in [2.45, 2.75) is 19.3 Å². The Kier molecular flexibility index (Phi) is 4.34. The number of aryl methyl sites for hydroxylation is 1. The Balaban J connectivity index is 1.38. The molecule has 2 aromatic rings. The van der Waals surface area contributed by atoms with Gasteiger partial charge < -0.3 is 19.5 Å². The Labute approximate surface area is 147 Å². The number of aromatic nitrogens is 2. The van der Waals surface area contributed by atoms with Crippen molar-refractivity contribution in [3.63, 3.8) is 0 Å². The highest BCUT2D eigenvalue weighted by atomic mass is 16.5. The van der Waals surface area contributed by atoms with Crippen LogP contribution in [0.2, 0.25) is 0 Å². The molecule has 1 atom stereocenters. The van der Waals surface area contributed by atoms with Gasteiger partial charge in [-0.25, -0.2) is 4.98 Å². The van der Waals surface area contributed by atoms with Crippen LogP contribution in [0.3, 0.4) is 0 Å². The first-order valence-electron chi connectivity index (χ1n) is 8.94. The lowest BCUT2D eigenvalue weighted by atomic mass is 9.88. The average Bonchev–Trinajstić information content (AvgIpc) is 3.15. The molecule has 6 nitrogen and oxygen atoms in total. The molecule has 0 saturated carbocycles. The number of piperazine rings is 1. The van der Waals surface area contributed by atoms with E-state index < -0.39 is 0 Å². The van der Waals surface area contributed by atoms with Crippen LogP contribution in [0.1, 0.15) is 17.8 Å². The van der Waals surface area contributed by atoms with E-state index in [0.29, 0.717) is 5.91 Å². The van der Waals surface area contributed by atoms with Crippen molar-refractivity contribution < 1.29 is 9.53 Å². The first-order chi connectivity index (χ1) is 12.3. The predicted octanol–water partition coefficient (Wildman–Crippen LogP) is 1.87. The average molecular weight is 340 g/mol. The van der Waals surface area contributed by atoms with Crippen molar-refractivity contribution >= 4 is 11.6 Å². The van der Waals surface area contributed by atoms with Crippen LogP contribution in [-0.4, -0.2) is 54.1 Å². The molecule has 0 spiro atoms. The van der Waals surface area contributed by atoms with Crippen LogP contribution in [0.4, 0.5) is 5.69 Å². The van der Waals surface area contributed by atoms with Crippen LogP contribution < -0.4 is 9.64 Å². The second-order valence-electron chi connectivity index (χ2n) is 6.75. The summed E-state index contributed by atoms with van der Waals surface area (Å²) in [4.78, 5) is 24.7. The number of para-hydroxylation sites is 2. The molecule has 1 N–H and O–H groups in total. The summed E-state index contributed by atoms with van der Waals surface area (Å²) in [5.41, 5.74) is 3.37. The standard InChI is InChI=1S/C19H24N4O2/c1-25-18-5-3-2-4-17(18)22-8-10-23(11-9-22)19(24)14-6-7-15-16(12-14)21-13-20-15/h2-5,13-14H,6-12H2,1H3,(H,20,21)/t14-/m0/s1. The number of methoxy groups -OCH3 is 1. The van der Waals surface area contributed by atoms with Gasteiger partial charge in [-0.15, -0.1) is 0 Å². The lowest BCUT2D eigenvalue weighted by Gasteiger charge is -2.38. The Hall–Kier alpha value is -2.50. The largest absolute Gasteiger partial charge is 0.495 e. The maximum Gasteiger partial charge on any atom is 0.226 e. The second-order valence-corrected chi connectivity index (χ2v) is 6.75. The minimum Gasteiger partial charge on any atom is -0.495 e. The molecule has 25 heavy (non-hydrogen) atoms. The zero-order valence-corrected chi connectivity index (χ0v) is 14.6. The van der Waals surface area contributed by atoms with Crippen molar-refractivity contribution in [2.75, 3.05) is 38.2 Å². The number of aromatic amines is 1. The molecule has 1 aromatic carbocycles. The zero-order valence-electron chi connectivity index (χ0n) is 14.6. The van der Waals surface area contributed by atoms with Gasteiger partial charge >= 0.3 is 0 Å². The van der Waals surface area contributed by atoms with Crippen molar-refractivity contribution in [2.24, 2.45) is 5.92 Å². The SMILES string of the molecule is COc1ccccc1N1CCN(C(=O)[C@H]2CCc3nc[nH]c3C2)CC1. The van der Waals surface area contributed by atoms with Crippen molar-refractivity contribution in [1.82, 2.24) is 14.9 Å². The lowest BCUT2D eigenvalue weighted by Crippen LogP contribution is -2.51. The Morgan fingerprint density at radius 3 is 2.84 bits per heavy atom. The molecule has 6 heteroatoms.